The number of anilines is 1. The highest BCUT2D eigenvalue weighted by atomic mass is 32.1. The largest absolute Gasteiger partial charge is 0.462 e. The van der Waals surface area contributed by atoms with Crippen LogP contribution in [0.25, 0.3) is 0 Å². The van der Waals surface area contributed by atoms with Crippen LogP contribution in [0.5, 0.6) is 0 Å². The van der Waals surface area contributed by atoms with Crippen LogP contribution in [0, 0.1) is 12.8 Å². The Balaban J connectivity index is 2.39. The number of ether oxygens (including phenoxy) is 1. The number of amides is 2. The molecule has 0 radical (unpaired) electrons. The summed E-state index contributed by atoms with van der Waals surface area (Å²) in [5.74, 6) is -0.705. The van der Waals surface area contributed by atoms with Gasteiger partial charge in [-0.25, -0.2) is 4.79 Å². The van der Waals surface area contributed by atoms with Gasteiger partial charge in [0.2, 0.25) is 5.91 Å². The standard InChI is InChI=1S/C17H24N2O4S/c1-5-19(6-2)16(21)13-10(4)12(17(22)23-7-3)15(24-13)18-14(20)11-8-9-11/h11H,5-9H2,1-4H3,(H,18,20). The Kier molecular flexibility index (Phi) is 5.99. The van der Waals surface area contributed by atoms with Gasteiger partial charge in [0.05, 0.1) is 17.0 Å². The van der Waals surface area contributed by atoms with E-state index in [-0.39, 0.29) is 24.3 Å². The van der Waals surface area contributed by atoms with Crippen LogP contribution in [-0.2, 0) is 9.53 Å². The van der Waals surface area contributed by atoms with Crippen molar-refractivity contribution in [2.75, 3.05) is 25.0 Å². The van der Waals surface area contributed by atoms with Crippen molar-refractivity contribution in [2.45, 2.75) is 40.5 Å². The SMILES string of the molecule is CCOC(=O)c1c(NC(=O)C2CC2)sc(C(=O)N(CC)CC)c1C. The van der Waals surface area contributed by atoms with Gasteiger partial charge in [-0.2, -0.15) is 0 Å². The molecule has 0 atom stereocenters. The average molecular weight is 352 g/mol. The summed E-state index contributed by atoms with van der Waals surface area (Å²) >= 11 is 1.16. The lowest BCUT2D eigenvalue weighted by Crippen LogP contribution is -2.30. The summed E-state index contributed by atoms with van der Waals surface area (Å²) in [6.07, 6.45) is 1.74. The van der Waals surface area contributed by atoms with Gasteiger partial charge in [0, 0.05) is 19.0 Å². The van der Waals surface area contributed by atoms with Crippen molar-refractivity contribution in [3.8, 4) is 0 Å². The topological polar surface area (TPSA) is 75.7 Å². The van der Waals surface area contributed by atoms with Crippen molar-refractivity contribution in [2.24, 2.45) is 5.92 Å². The first-order valence-corrected chi connectivity index (χ1v) is 9.16. The molecule has 1 aromatic rings. The number of nitrogens with zero attached hydrogens (tertiary/aromatic N) is 1. The summed E-state index contributed by atoms with van der Waals surface area (Å²) in [7, 11) is 0. The molecule has 0 bridgehead atoms. The minimum Gasteiger partial charge on any atom is -0.462 e. The molecule has 2 rings (SSSR count). The fourth-order valence-corrected chi connectivity index (χ4v) is 3.63. The molecule has 0 aromatic carbocycles. The Hall–Kier alpha value is -1.89. The van der Waals surface area contributed by atoms with E-state index in [4.69, 9.17) is 4.74 Å². The quantitative estimate of drug-likeness (QED) is 0.765. The number of rotatable bonds is 7. The molecular weight excluding hydrogens is 328 g/mol. The molecule has 0 aliphatic heterocycles. The van der Waals surface area contributed by atoms with Crippen LogP contribution in [0.4, 0.5) is 5.00 Å². The number of carbonyl (C=O) groups is 3. The number of hydrogen-bond acceptors (Lipinski definition) is 5. The van der Waals surface area contributed by atoms with Gasteiger partial charge in [0.25, 0.3) is 5.91 Å². The number of thiophene rings is 1. The number of carbonyl (C=O) groups excluding carboxylic acids is 3. The normalized spacial score (nSPS) is 13.5. The number of hydrogen-bond donors (Lipinski definition) is 1. The maximum Gasteiger partial charge on any atom is 0.341 e. The van der Waals surface area contributed by atoms with Crippen LogP contribution < -0.4 is 5.32 Å². The molecule has 1 aliphatic carbocycles. The summed E-state index contributed by atoms with van der Waals surface area (Å²) in [4.78, 5) is 39.3. The lowest BCUT2D eigenvalue weighted by molar-refractivity contribution is -0.117. The maximum atomic E-state index is 12.7. The summed E-state index contributed by atoms with van der Waals surface area (Å²) in [5, 5.41) is 3.23. The average Bonchev–Trinajstić information content (AvgIpc) is 3.34. The van der Waals surface area contributed by atoms with E-state index in [0.29, 0.717) is 34.1 Å². The number of esters is 1. The van der Waals surface area contributed by atoms with Gasteiger partial charge in [0.15, 0.2) is 0 Å². The Morgan fingerprint density at radius 3 is 2.33 bits per heavy atom. The molecule has 1 aromatic heterocycles. The van der Waals surface area contributed by atoms with Gasteiger partial charge in [-0.1, -0.05) is 0 Å². The van der Waals surface area contributed by atoms with Crippen LogP contribution >= 0.6 is 11.3 Å². The summed E-state index contributed by atoms with van der Waals surface area (Å²) in [6.45, 7) is 8.69. The summed E-state index contributed by atoms with van der Waals surface area (Å²) < 4.78 is 5.10. The van der Waals surface area contributed by atoms with E-state index in [1.165, 1.54) is 0 Å². The van der Waals surface area contributed by atoms with Crippen LogP contribution in [0.2, 0.25) is 0 Å². The van der Waals surface area contributed by atoms with E-state index < -0.39 is 5.97 Å². The van der Waals surface area contributed by atoms with Crippen LogP contribution in [0.1, 0.15) is 59.2 Å². The Bertz CT molecular complexity index is 645. The van der Waals surface area contributed by atoms with E-state index in [2.05, 4.69) is 5.32 Å². The first kappa shape index (κ1) is 18.4. The third kappa shape index (κ3) is 3.77. The molecule has 0 spiro atoms. The van der Waals surface area contributed by atoms with E-state index in [9.17, 15) is 14.4 Å². The van der Waals surface area contributed by atoms with E-state index in [1.807, 2.05) is 13.8 Å². The van der Waals surface area contributed by atoms with Crippen LogP contribution in [0.3, 0.4) is 0 Å². The van der Waals surface area contributed by atoms with Crippen molar-refractivity contribution in [1.82, 2.24) is 4.90 Å². The fourth-order valence-electron chi connectivity index (χ4n) is 2.47. The lowest BCUT2D eigenvalue weighted by Gasteiger charge is -2.18. The predicted molar refractivity (Wildman–Crippen MR) is 93.6 cm³/mol. The van der Waals surface area contributed by atoms with Crippen LogP contribution in [-0.4, -0.2) is 42.4 Å². The first-order chi connectivity index (χ1) is 11.4. The van der Waals surface area contributed by atoms with Crippen molar-refractivity contribution in [3.63, 3.8) is 0 Å². The molecule has 132 valence electrons. The monoisotopic (exact) mass is 352 g/mol. The molecule has 1 fully saturated rings. The maximum absolute atomic E-state index is 12.7. The molecular formula is C17H24N2O4S. The van der Waals surface area contributed by atoms with Gasteiger partial charge >= 0.3 is 5.97 Å². The van der Waals surface area contributed by atoms with E-state index in [1.54, 1.807) is 18.7 Å². The highest BCUT2D eigenvalue weighted by Crippen LogP contribution is 2.37. The van der Waals surface area contributed by atoms with Crippen molar-refractivity contribution >= 4 is 34.1 Å². The van der Waals surface area contributed by atoms with E-state index >= 15 is 0 Å². The highest BCUT2D eigenvalue weighted by molar-refractivity contribution is 7.18. The van der Waals surface area contributed by atoms with E-state index in [0.717, 1.165) is 24.2 Å². The van der Waals surface area contributed by atoms with Gasteiger partial charge in [-0.15, -0.1) is 11.3 Å². The number of nitrogens with one attached hydrogen (secondary N) is 1. The minimum atomic E-state index is -0.504. The highest BCUT2D eigenvalue weighted by Gasteiger charge is 2.33. The van der Waals surface area contributed by atoms with Crippen molar-refractivity contribution < 1.29 is 19.1 Å². The zero-order valence-corrected chi connectivity index (χ0v) is 15.4. The van der Waals surface area contributed by atoms with Crippen molar-refractivity contribution in [1.29, 1.82) is 0 Å². The fraction of sp³-hybridized carbons (Fsp3) is 0.588. The minimum absolute atomic E-state index is 0.0179. The summed E-state index contributed by atoms with van der Waals surface area (Å²) in [6, 6.07) is 0. The Labute approximate surface area is 146 Å². The third-order valence-corrected chi connectivity index (χ3v) is 5.25. The van der Waals surface area contributed by atoms with Crippen LogP contribution in [0.15, 0.2) is 0 Å². The molecule has 1 aliphatic rings. The lowest BCUT2D eigenvalue weighted by atomic mass is 10.1. The predicted octanol–water partition coefficient (Wildman–Crippen LogP) is 3.06. The molecule has 1 saturated carbocycles. The molecule has 6 nitrogen and oxygen atoms in total. The zero-order chi connectivity index (χ0) is 17.9. The van der Waals surface area contributed by atoms with Crippen molar-refractivity contribution in [3.05, 3.63) is 16.0 Å². The van der Waals surface area contributed by atoms with Gasteiger partial charge < -0.3 is 15.0 Å². The molecule has 0 unspecified atom stereocenters. The molecule has 7 heteroatoms. The molecule has 24 heavy (non-hydrogen) atoms. The smallest absolute Gasteiger partial charge is 0.341 e. The Morgan fingerprint density at radius 1 is 1.21 bits per heavy atom. The zero-order valence-electron chi connectivity index (χ0n) is 14.6. The van der Waals surface area contributed by atoms with Gasteiger partial charge in [0.1, 0.15) is 5.00 Å². The van der Waals surface area contributed by atoms with Gasteiger partial charge in [-0.3, -0.25) is 9.59 Å². The third-order valence-electron chi connectivity index (χ3n) is 4.06. The second-order valence-electron chi connectivity index (χ2n) is 5.72. The Morgan fingerprint density at radius 2 is 1.83 bits per heavy atom. The molecule has 0 saturated heterocycles. The van der Waals surface area contributed by atoms with Gasteiger partial charge in [-0.05, 0) is 46.1 Å². The second kappa shape index (κ2) is 7.79. The molecule has 2 amide bonds. The first-order valence-electron chi connectivity index (χ1n) is 8.35. The molecule has 1 heterocycles. The summed E-state index contributed by atoms with van der Waals surface area (Å²) in [5.41, 5.74) is 0.868. The molecule has 1 N–H and O–H groups in total. The second-order valence-corrected chi connectivity index (χ2v) is 6.74.